The summed E-state index contributed by atoms with van der Waals surface area (Å²) in [6.45, 7) is 5.37. The van der Waals surface area contributed by atoms with Gasteiger partial charge in [0.25, 0.3) is 0 Å². The van der Waals surface area contributed by atoms with E-state index >= 15 is 0 Å². The van der Waals surface area contributed by atoms with Crippen LogP contribution in [0.2, 0.25) is 0 Å². The summed E-state index contributed by atoms with van der Waals surface area (Å²) in [5.74, 6) is 0.143. The number of nitrogens with zero attached hydrogens (tertiary/aromatic N) is 2. The molecule has 254 valence electrons. The second kappa shape index (κ2) is 15.9. The Kier molecular flexibility index (Phi) is 11.7. The van der Waals surface area contributed by atoms with Crippen LogP contribution in [0.4, 0.5) is 5.69 Å². The molecule has 8 nitrogen and oxygen atoms in total. The van der Waals surface area contributed by atoms with E-state index in [4.69, 9.17) is 0 Å². The number of rotatable bonds is 14. The Morgan fingerprint density at radius 1 is 0.792 bits per heavy atom. The summed E-state index contributed by atoms with van der Waals surface area (Å²) in [6.07, 6.45) is 4.15. The van der Waals surface area contributed by atoms with E-state index in [2.05, 4.69) is 33.9 Å². The third-order valence-electron chi connectivity index (χ3n) is 9.09. The average Bonchev–Trinajstić information content (AvgIpc) is 3.07. The molecule has 1 N–H and O–H groups in total. The topological polar surface area (TPSA) is 104 Å². The molecule has 4 aromatic carbocycles. The van der Waals surface area contributed by atoms with Crippen LogP contribution in [0.3, 0.4) is 0 Å². The number of sulfone groups is 1. The van der Waals surface area contributed by atoms with E-state index in [-0.39, 0.29) is 34.9 Å². The van der Waals surface area contributed by atoms with Crippen molar-refractivity contribution in [3.8, 4) is 0 Å². The van der Waals surface area contributed by atoms with Gasteiger partial charge >= 0.3 is 0 Å². The highest BCUT2D eigenvalue weighted by Gasteiger charge is 2.28. The third kappa shape index (κ3) is 9.78. The first-order valence-corrected chi connectivity index (χ1v) is 20.1. The quantitative estimate of drug-likeness (QED) is 0.172. The zero-order chi connectivity index (χ0) is 34.1. The Morgan fingerprint density at radius 2 is 1.38 bits per heavy atom. The first-order valence-electron chi connectivity index (χ1n) is 16.5. The number of carbonyl (C=O) groups excluding carboxylic acids is 1. The number of piperidine rings is 1. The number of likely N-dealkylation sites (N-methyl/N-ethyl adjacent to an activating group) is 1. The van der Waals surface area contributed by atoms with Gasteiger partial charge in [0, 0.05) is 43.5 Å². The van der Waals surface area contributed by atoms with Crippen molar-refractivity contribution in [1.29, 1.82) is 0 Å². The SMILES string of the molecule is CCN(C(=O)Cc1ccc(S(C)(=O)=O)cc1)C1CCN(CCC(c2ccccc2)c2ccc(NS(=O)(=O)Cc3ccccc3)cc2)CC1. The lowest BCUT2D eigenvalue weighted by Gasteiger charge is -2.38. The number of amides is 1. The number of hydrogen-bond donors (Lipinski definition) is 1. The largest absolute Gasteiger partial charge is 0.340 e. The highest BCUT2D eigenvalue weighted by Crippen LogP contribution is 2.30. The maximum Gasteiger partial charge on any atom is 0.236 e. The van der Waals surface area contributed by atoms with E-state index in [0.717, 1.165) is 55.6 Å². The molecular formula is C38H45N3O5S2. The molecular weight excluding hydrogens is 643 g/mol. The fourth-order valence-corrected chi connectivity index (χ4v) is 8.37. The van der Waals surface area contributed by atoms with Crippen molar-refractivity contribution in [3.05, 3.63) is 131 Å². The molecule has 0 radical (unpaired) electrons. The van der Waals surface area contributed by atoms with Gasteiger partial charge in [0.1, 0.15) is 0 Å². The molecule has 1 fully saturated rings. The van der Waals surface area contributed by atoms with E-state index in [1.807, 2.05) is 60.4 Å². The van der Waals surface area contributed by atoms with Crippen molar-refractivity contribution in [2.24, 2.45) is 0 Å². The molecule has 0 saturated carbocycles. The monoisotopic (exact) mass is 687 g/mol. The molecule has 0 spiro atoms. The van der Waals surface area contributed by atoms with Gasteiger partial charge in [-0.1, -0.05) is 84.9 Å². The molecule has 5 rings (SSSR count). The van der Waals surface area contributed by atoms with Crippen molar-refractivity contribution >= 4 is 31.5 Å². The second-order valence-electron chi connectivity index (χ2n) is 12.6. The van der Waals surface area contributed by atoms with Crippen LogP contribution >= 0.6 is 0 Å². The number of nitrogens with one attached hydrogen (secondary N) is 1. The van der Waals surface area contributed by atoms with Gasteiger partial charge in [-0.15, -0.1) is 0 Å². The smallest absolute Gasteiger partial charge is 0.236 e. The molecule has 1 unspecified atom stereocenters. The minimum absolute atomic E-state index is 0.0676. The van der Waals surface area contributed by atoms with Gasteiger partial charge in [0.2, 0.25) is 15.9 Å². The molecule has 4 aromatic rings. The standard InChI is InChI=1S/C38H45N3O5S2/c1-3-41(38(42)28-30-14-20-36(21-15-30)47(2,43)44)35-22-25-40(26-23-35)27-24-37(32-12-8-5-9-13-32)33-16-18-34(19-17-33)39-48(45,46)29-31-10-6-4-7-11-31/h4-21,35,37,39H,3,22-29H2,1-2H3. The Morgan fingerprint density at radius 3 is 1.96 bits per heavy atom. The summed E-state index contributed by atoms with van der Waals surface area (Å²) in [6, 6.07) is 34.1. The molecule has 1 heterocycles. The van der Waals surface area contributed by atoms with E-state index in [1.165, 1.54) is 11.8 Å². The summed E-state index contributed by atoms with van der Waals surface area (Å²) in [5, 5.41) is 0. The first-order chi connectivity index (χ1) is 23.0. The number of likely N-dealkylation sites (tertiary alicyclic amines) is 1. The van der Waals surface area contributed by atoms with E-state index in [9.17, 15) is 21.6 Å². The van der Waals surface area contributed by atoms with Crippen LogP contribution < -0.4 is 4.72 Å². The number of sulfonamides is 1. The van der Waals surface area contributed by atoms with Gasteiger partial charge in [-0.05, 0) is 79.3 Å². The molecule has 0 bridgehead atoms. The average molecular weight is 688 g/mol. The lowest BCUT2D eigenvalue weighted by atomic mass is 9.88. The van der Waals surface area contributed by atoms with E-state index in [0.29, 0.717) is 12.2 Å². The van der Waals surface area contributed by atoms with Crippen molar-refractivity contribution in [1.82, 2.24) is 9.80 Å². The molecule has 1 aliphatic heterocycles. The minimum atomic E-state index is -3.54. The van der Waals surface area contributed by atoms with Crippen LogP contribution in [-0.2, 0) is 36.8 Å². The highest BCUT2D eigenvalue weighted by atomic mass is 32.2. The van der Waals surface area contributed by atoms with Crippen LogP contribution in [0, 0.1) is 0 Å². The Balaban J connectivity index is 1.17. The number of carbonyl (C=O) groups is 1. The Bertz CT molecular complexity index is 1840. The number of hydrogen-bond acceptors (Lipinski definition) is 6. The molecule has 1 aliphatic rings. The van der Waals surface area contributed by atoms with Gasteiger partial charge in [-0.2, -0.15) is 0 Å². The van der Waals surface area contributed by atoms with Crippen molar-refractivity contribution in [2.45, 2.75) is 55.2 Å². The molecule has 1 saturated heterocycles. The predicted molar refractivity (Wildman–Crippen MR) is 192 cm³/mol. The highest BCUT2D eigenvalue weighted by molar-refractivity contribution is 7.92. The molecule has 1 amide bonds. The maximum atomic E-state index is 13.3. The Labute approximate surface area is 285 Å². The molecule has 48 heavy (non-hydrogen) atoms. The normalized spacial score (nSPS) is 15.1. The van der Waals surface area contributed by atoms with Crippen LogP contribution in [0.25, 0.3) is 0 Å². The van der Waals surface area contributed by atoms with Gasteiger partial charge in [0.05, 0.1) is 17.1 Å². The fraction of sp³-hybridized carbons (Fsp3) is 0.342. The minimum Gasteiger partial charge on any atom is -0.340 e. The van der Waals surface area contributed by atoms with E-state index in [1.54, 1.807) is 36.4 Å². The summed E-state index contributed by atoms with van der Waals surface area (Å²) in [7, 11) is -6.81. The van der Waals surface area contributed by atoms with Gasteiger partial charge in [-0.3, -0.25) is 9.52 Å². The molecule has 0 aliphatic carbocycles. The van der Waals surface area contributed by atoms with Crippen molar-refractivity contribution < 1.29 is 21.6 Å². The Hall–Kier alpha value is -3.99. The summed E-state index contributed by atoms with van der Waals surface area (Å²) < 4.78 is 51.8. The summed E-state index contributed by atoms with van der Waals surface area (Å²) in [5.41, 5.74) is 4.45. The number of benzene rings is 4. The third-order valence-corrected chi connectivity index (χ3v) is 11.5. The lowest BCUT2D eigenvalue weighted by molar-refractivity contribution is -0.133. The van der Waals surface area contributed by atoms with Crippen molar-refractivity contribution in [2.75, 3.05) is 37.2 Å². The molecule has 0 aromatic heterocycles. The van der Waals surface area contributed by atoms with Gasteiger partial charge in [0.15, 0.2) is 9.84 Å². The van der Waals surface area contributed by atoms with Crippen LogP contribution in [0.5, 0.6) is 0 Å². The first kappa shape index (κ1) is 35.3. The van der Waals surface area contributed by atoms with Crippen LogP contribution in [0.1, 0.15) is 54.4 Å². The van der Waals surface area contributed by atoms with Gasteiger partial charge in [-0.25, -0.2) is 16.8 Å². The maximum absolute atomic E-state index is 13.3. The lowest BCUT2D eigenvalue weighted by Crippen LogP contribution is -2.48. The molecule has 1 atom stereocenters. The van der Waals surface area contributed by atoms with Crippen LogP contribution in [-0.4, -0.2) is 71.0 Å². The van der Waals surface area contributed by atoms with Crippen LogP contribution in [0.15, 0.2) is 114 Å². The number of anilines is 1. The fourth-order valence-electron chi connectivity index (χ4n) is 6.54. The van der Waals surface area contributed by atoms with E-state index < -0.39 is 19.9 Å². The van der Waals surface area contributed by atoms with Crippen molar-refractivity contribution in [3.63, 3.8) is 0 Å². The second-order valence-corrected chi connectivity index (χ2v) is 16.3. The summed E-state index contributed by atoms with van der Waals surface area (Å²) in [4.78, 5) is 18.0. The van der Waals surface area contributed by atoms with Gasteiger partial charge < -0.3 is 9.80 Å². The summed E-state index contributed by atoms with van der Waals surface area (Å²) >= 11 is 0. The zero-order valence-electron chi connectivity index (χ0n) is 27.7. The predicted octanol–water partition coefficient (Wildman–Crippen LogP) is 6.11. The molecule has 10 heteroatoms. The zero-order valence-corrected chi connectivity index (χ0v) is 29.3.